The zero-order chi connectivity index (χ0) is 16.1. The van der Waals surface area contributed by atoms with E-state index in [0.717, 1.165) is 20.9 Å². The molecule has 1 heterocycles. The molecule has 0 aliphatic rings. The van der Waals surface area contributed by atoms with Crippen LogP contribution in [0.4, 0.5) is 5.13 Å². The smallest absolute Gasteiger partial charge is 0.262 e. The minimum absolute atomic E-state index is 0.212. The molecule has 2 aromatic carbocycles. The maximum absolute atomic E-state index is 12.0. The third-order valence-electron chi connectivity index (χ3n) is 3.22. The molecular weight excluding hydrogens is 308 g/mol. The summed E-state index contributed by atoms with van der Waals surface area (Å²) < 4.78 is 1.09. The van der Waals surface area contributed by atoms with Crippen molar-refractivity contribution in [2.75, 3.05) is 5.32 Å². The van der Waals surface area contributed by atoms with Crippen LogP contribution >= 0.6 is 11.3 Å². The SMILES string of the molecule is C[C@@H](Nc1nc2ccccc2s1)C(=O)N/N=C\c1ccccc1. The lowest BCUT2D eigenvalue weighted by molar-refractivity contribution is -0.121. The van der Waals surface area contributed by atoms with Crippen LogP contribution in [0.1, 0.15) is 12.5 Å². The van der Waals surface area contributed by atoms with E-state index in [9.17, 15) is 4.79 Å². The number of hydrogen-bond donors (Lipinski definition) is 2. The Labute approximate surface area is 138 Å². The zero-order valence-electron chi connectivity index (χ0n) is 12.6. The molecule has 0 saturated heterocycles. The summed E-state index contributed by atoms with van der Waals surface area (Å²) in [5.74, 6) is -0.212. The first-order valence-electron chi connectivity index (χ1n) is 7.22. The van der Waals surface area contributed by atoms with Crippen LogP contribution in [-0.4, -0.2) is 23.1 Å². The van der Waals surface area contributed by atoms with E-state index < -0.39 is 6.04 Å². The maximum Gasteiger partial charge on any atom is 0.262 e. The van der Waals surface area contributed by atoms with E-state index in [1.54, 1.807) is 13.1 Å². The van der Waals surface area contributed by atoms with Crippen molar-refractivity contribution in [2.24, 2.45) is 5.10 Å². The topological polar surface area (TPSA) is 66.4 Å². The third kappa shape index (κ3) is 3.92. The number of aromatic nitrogens is 1. The zero-order valence-corrected chi connectivity index (χ0v) is 13.4. The lowest BCUT2D eigenvalue weighted by Crippen LogP contribution is -2.34. The number of thiazole rings is 1. The van der Waals surface area contributed by atoms with Gasteiger partial charge < -0.3 is 5.32 Å². The van der Waals surface area contributed by atoms with Crippen LogP contribution in [0.3, 0.4) is 0 Å². The molecule has 0 spiro atoms. The Morgan fingerprint density at radius 3 is 2.70 bits per heavy atom. The van der Waals surface area contributed by atoms with Crippen molar-refractivity contribution < 1.29 is 4.79 Å². The van der Waals surface area contributed by atoms with Crippen LogP contribution in [0.25, 0.3) is 10.2 Å². The quantitative estimate of drug-likeness (QED) is 0.559. The number of rotatable bonds is 5. The van der Waals surface area contributed by atoms with E-state index in [1.807, 2.05) is 54.6 Å². The third-order valence-corrected chi connectivity index (χ3v) is 4.18. The molecule has 6 heteroatoms. The van der Waals surface area contributed by atoms with Crippen molar-refractivity contribution in [1.29, 1.82) is 0 Å². The molecule has 3 aromatic rings. The number of nitrogens with zero attached hydrogens (tertiary/aromatic N) is 2. The van der Waals surface area contributed by atoms with E-state index in [2.05, 4.69) is 20.8 Å². The van der Waals surface area contributed by atoms with Gasteiger partial charge in [-0.3, -0.25) is 4.79 Å². The Kier molecular flexibility index (Phi) is 4.63. The molecule has 0 bridgehead atoms. The minimum atomic E-state index is -0.427. The monoisotopic (exact) mass is 324 g/mol. The summed E-state index contributed by atoms with van der Waals surface area (Å²) in [4.78, 5) is 16.5. The fraction of sp³-hybridized carbons (Fsp3) is 0.118. The average molecular weight is 324 g/mol. The van der Waals surface area contributed by atoms with Crippen molar-refractivity contribution in [2.45, 2.75) is 13.0 Å². The van der Waals surface area contributed by atoms with Gasteiger partial charge in [-0.2, -0.15) is 5.10 Å². The first kappa shape index (κ1) is 15.2. The summed E-state index contributed by atoms with van der Waals surface area (Å²) >= 11 is 1.52. The molecular formula is C17H16N4OS. The molecule has 1 atom stereocenters. The molecule has 0 unspecified atom stereocenters. The first-order valence-corrected chi connectivity index (χ1v) is 8.04. The molecule has 2 N–H and O–H groups in total. The molecule has 0 fully saturated rings. The van der Waals surface area contributed by atoms with Crippen LogP contribution in [0.5, 0.6) is 0 Å². The van der Waals surface area contributed by atoms with Gasteiger partial charge in [0.05, 0.1) is 16.4 Å². The second kappa shape index (κ2) is 7.02. The maximum atomic E-state index is 12.0. The first-order chi connectivity index (χ1) is 11.2. The van der Waals surface area contributed by atoms with Crippen LogP contribution in [0.15, 0.2) is 59.7 Å². The number of nitrogens with one attached hydrogen (secondary N) is 2. The van der Waals surface area contributed by atoms with Gasteiger partial charge in [-0.05, 0) is 24.6 Å². The average Bonchev–Trinajstić information content (AvgIpc) is 2.98. The highest BCUT2D eigenvalue weighted by Crippen LogP contribution is 2.25. The van der Waals surface area contributed by atoms with Crippen molar-refractivity contribution >= 4 is 38.8 Å². The number of para-hydroxylation sites is 1. The molecule has 1 amide bonds. The second-order valence-corrected chi connectivity index (χ2v) is 6.03. The summed E-state index contributed by atoms with van der Waals surface area (Å²) in [5, 5.41) is 7.79. The summed E-state index contributed by atoms with van der Waals surface area (Å²) in [6, 6.07) is 17.0. The van der Waals surface area contributed by atoms with Gasteiger partial charge in [0.2, 0.25) is 0 Å². The van der Waals surface area contributed by atoms with Gasteiger partial charge >= 0.3 is 0 Å². The van der Waals surface area contributed by atoms with Gasteiger partial charge in [-0.25, -0.2) is 10.4 Å². The minimum Gasteiger partial charge on any atom is -0.350 e. The van der Waals surface area contributed by atoms with E-state index in [1.165, 1.54) is 11.3 Å². The highest BCUT2D eigenvalue weighted by atomic mass is 32.1. The highest BCUT2D eigenvalue weighted by molar-refractivity contribution is 7.22. The molecule has 3 rings (SSSR count). The molecule has 23 heavy (non-hydrogen) atoms. The molecule has 1 aromatic heterocycles. The van der Waals surface area contributed by atoms with E-state index >= 15 is 0 Å². The Morgan fingerprint density at radius 1 is 1.17 bits per heavy atom. The molecule has 0 aliphatic carbocycles. The summed E-state index contributed by atoms with van der Waals surface area (Å²) in [7, 11) is 0. The Morgan fingerprint density at radius 2 is 1.91 bits per heavy atom. The number of carbonyl (C=O) groups is 1. The van der Waals surface area contributed by atoms with Gasteiger partial charge in [-0.1, -0.05) is 53.8 Å². The summed E-state index contributed by atoms with van der Waals surface area (Å²) in [5.41, 5.74) is 4.39. The second-order valence-electron chi connectivity index (χ2n) is 5.00. The van der Waals surface area contributed by atoms with Gasteiger partial charge in [0.15, 0.2) is 5.13 Å². The van der Waals surface area contributed by atoms with Gasteiger partial charge in [0.1, 0.15) is 6.04 Å². The Hall–Kier alpha value is -2.73. The van der Waals surface area contributed by atoms with Crippen molar-refractivity contribution in [1.82, 2.24) is 10.4 Å². The molecule has 0 aliphatic heterocycles. The standard InChI is InChI=1S/C17H16N4OS/c1-12(16(22)21-18-11-13-7-3-2-4-8-13)19-17-20-14-9-5-6-10-15(14)23-17/h2-12H,1H3,(H,19,20)(H,21,22)/b18-11-/t12-/m1/s1. The number of benzene rings is 2. The summed E-state index contributed by atoms with van der Waals surface area (Å²) in [6.07, 6.45) is 1.61. The van der Waals surface area contributed by atoms with Crippen LogP contribution in [0.2, 0.25) is 0 Å². The number of hydrazone groups is 1. The van der Waals surface area contributed by atoms with Gasteiger partial charge in [0, 0.05) is 0 Å². The fourth-order valence-electron chi connectivity index (χ4n) is 1.99. The van der Waals surface area contributed by atoms with E-state index in [4.69, 9.17) is 0 Å². The molecule has 0 radical (unpaired) electrons. The van der Waals surface area contributed by atoms with E-state index in [0.29, 0.717) is 0 Å². The van der Waals surface area contributed by atoms with Crippen molar-refractivity contribution in [3.8, 4) is 0 Å². The van der Waals surface area contributed by atoms with Crippen LogP contribution in [-0.2, 0) is 4.79 Å². The number of anilines is 1. The normalized spacial score (nSPS) is 12.4. The highest BCUT2D eigenvalue weighted by Gasteiger charge is 2.13. The lowest BCUT2D eigenvalue weighted by atomic mass is 10.2. The predicted molar refractivity (Wildman–Crippen MR) is 94.9 cm³/mol. The van der Waals surface area contributed by atoms with E-state index in [-0.39, 0.29) is 5.91 Å². The molecule has 5 nitrogen and oxygen atoms in total. The number of hydrogen-bond acceptors (Lipinski definition) is 5. The van der Waals surface area contributed by atoms with Crippen LogP contribution < -0.4 is 10.7 Å². The number of carbonyl (C=O) groups excluding carboxylic acids is 1. The molecule has 0 saturated carbocycles. The predicted octanol–water partition coefficient (Wildman–Crippen LogP) is 3.25. The largest absolute Gasteiger partial charge is 0.350 e. The Bertz CT molecular complexity index is 796. The number of amides is 1. The van der Waals surface area contributed by atoms with Crippen molar-refractivity contribution in [3.05, 3.63) is 60.2 Å². The van der Waals surface area contributed by atoms with Gasteiger partial charge in [0.25, 0.3) is 5.91 Å². The molecule has 116 valence electrons. The van der Waals surface area contributed by atoms with Crippen LogP contribution in [0, 0.1) is 0 Å². The lowest BCUT2D eigenvalue weighted by Gasteiger charge is -2.10. The van der Waals surface area contributed by atoms with Crippen molar-refractivity contribution in [3.63, 3.8) is 0 Å². The van der Waals surface area contributed by atoms with Gasteiger partial charge in [-0.15, -0.1) is 0 Å². The summed E-state index contributed by atoms with van der Waals surface area (Å²) in [6.45, 7) is 1.78. The fourth-order valence-corrected chi connectivity index (χ4v) is 2.94. The Balaban J connectivity index is 1.58. The number of fused-ring (bicyclic) bond motifs is 1.